The summed E-state index contributed by atoms with van der Waals surface area (Å²) in [7, 11) is 0. The number of anilines is 2. The fourth-order valence-corrected chi connectivity index (χ4v) is 1.89. The maximum Gasteiger partial charge on any atom is 0.274 e. The van der Waals surface area contributed by atoms with E-state index >= 15 is 0 Å². The summed E-state index contributed by atoms with van der Waals surface area (Å²) in [5.41, 5.74) is 0.767. The molecule has 0 unspecified atom stereocenters. The molecule has 2 rings (SSSR count). The first kappa shape index (κ1) is 15.3. The SMILES string of the molecule is CC(C)(C)Nc1cc(C(=O)Nc2cccc(Cl)c2)ncn1. The number of benzene rings is 1. The van der Waals surface area contributed by atoms with Crippen LogP contribution in [0.2, 0.25) is 5.02 Å². The van der Waals surface area contributed by atoms with Gasteiger partial charge < -0.3 is 10.6 Å². The quantitative estimate of drug-likeness (QED) is 0.909. The van der Waals surface area contributed by atoms with Gasteiger partial charge >= 0.3 is 0 Å². The van der Waals surface area contributed by atoms with Crippen LogP contribution in [0.1, 0.15) is 31.3 Å². The molecule has 0 aliphatic carbocycles. The van der Waals surface area contributed by atoms with Crippen LogP contribution < -0.4 is 10.6 Å². The Hall–Kier alpha value is -2.14. The van der Waals surface area contributed by atoms with Gasteiger partial charge in [-0.25, -0.2) is 9.97 Å². The number of rotatable bonds is 3. The third-order valence-corrected chi connectivity index (χ3v) is 2.72. The molecule has 0 aliphatic heterocycles. The van der Waals surface area contributed by atoms with Crippen molar-refractivity contribution in [3.8, 4) is 0 Å². The molecular formula is C15H17ClN4O. The molecule has 110 valence electrons. The van der Waals surface area contributed by atoms with Gasteiger partial charge in [0.25, 0.3) is 5.91 Å². The van der Waals surface area contributed by atoms with Crippen LogP contribution in [0.25, 0.3) is 0 Å². The Morgan fingerprint density at radius 2 is 1.95 bits per heavy atom. The zero-order chi connectivity index (χ0) is 15.5. The smallest absolute Gasteiger partial charge is 0.274 e. The average molecular weight is 305 g/mol. The van der Waals surface area contributed by atoms with Crippen molar-refractivity contribution in [3.63, 3.8) is 0 Å². The number of hydrogen-bond donors (Lipinski definition) is 2. The van der Waals surface area contributed by atoms with Crippen molar-refractivity contribution in [2.24, 2.45) is 0 Å². The highest BCUT2D eigenvalue weighted by Crippen LogP contribution is 2.16. The standard InChI is InChI=1S/C15H17ClN4O/c1-15(2,3)20-13-8-12(17-9-18-13)14(21)19-11-6-4-5-10(16)7-11/h4-9H,1-3H3,(H,19,21)(H,17,18,20). The Balaban J connectivity index is 2.14. The number of hydrogen-bond acceptors (Lipinski definition) is 4. The van der Waals surface area contributed by atoms with Crippen LogP contribution in [-0.4, -0.2) is 21.4 Å². The molecule has 5 nitrogen and oxygen atoms in total. The van der Waals surface area contributed by atoms with Gasteiger partial charge in [-0.3, -0.25) is 4.79 Å². The van der Waals surface area contributed by atoms with E-state index in [-0.39, 0.29) is 17.1 Å². The highest BCUT2D eigenvalue weighted by atomic mass is 35.5. The Labute approximate surface area is 128 Å². The summed E-state index contributed by atoms with van der Waals surface area (Å²) >= 11 is 5.89. The lowest BCUT2D eigenvalue weighted by Crippen LogP contribution is -2.27. The summed E-state index contributed by atoms with van der Waals surface area (Å²) in [6, 6.07) is 8.57. The van der Waals surface area contributed by atoms with Gasteiger partial charge in [-0.05, 0) is 39.0 Å². The van der Waals surface area contributed by atoms with Crippen LogP contribution in [0.5, 0.6) is 0 Å². The van der Waals surface area contributed by atoms with Gasteiger partial charge in [-0.2, -0.15) is 0 Å². The zero-order valence-corrected chi connectivity index (χ0v) is 12.9. The van der Waals surface area contributed by atoms with E-state index in [1.54, 1.807) is 30.3 Å². The maximum atomic E-state index is 12.2. The van der Waals surface area contributed by atoms with E-state index in [1.807, 2.05) is 20.8 Å². The number of carbonyl (C=O) groups is 1. The summed E-state index contributed by atoms with van der Waals surface area (Å²) < 4.78 is 0. The number of halogens is 1. The van der Waals surface area contributed by atoms with Gasteiger partial charge in [0.15, 0.2) is 0 Å². The number of aromatic nitrogens is 2. The molecule has 1 amide bonds. The Morgan fingerprint density at radius 1 is 1.19 bits per heavy atom. The summed E-state index contributed by atoms with van der Waals surface area (Å²) in [6.07, 6.45) is 1.36. The summed E-state index contributed by atoms with van der Waals surface area (Å²) in [5.74, 6) is 0.297. The summed E-state index contributed by atoms with van der Waals surface area (Å²) in [4.78, 5) is 20.3. The van der Waals surface area contributed by atoms with E-state index in [0.717, 1.165) is 0 Å². The zero-order valence-electron chi connectivity index (χ0n) is 12.1. The molecule has 0 fully saturated rings. The molecule has 2 N–H and O–H groups in total. The maximum absolute atomic E-state index is 12.2. The van der Waals surface area contributed by atoms with Crippen LogP contribution in [0.3, 0.4) is 0 Å². The molecular weight excluding hydrogens is 288 g/mol. The van der Waals surface area contributed by atoms with E-state index in [0.29, 0.717) is 16.5 Å². The van der Waals surface area contributed by atoms with Crippen molar-refractivity contribution in [2.45, 2.75) is 26.3 Å². The molecule has 1 heterocycles. The normalized spacial score (nSPS) is 11.0. The van der Waals surface area contributed by atoms with Gasteiger partial charge in [-0.1, -0.05) is 17.7 Å². The molecule has 2 aromatic rings. The third kappa shape index (κ3) is 4.72. The minimum Gasteiger partial charge on any atom is -0.365 e. The number of nitrogens with one attached hydrogen (secondary N) is 2. The van der Waals surface area contributed by atoms with Crippen molar-refractivity contribution >= 4 is 29.0 Å². The Kier molecular flexibility index (Phi) is 4.43. The lowest BCUT2D eigenvalue weighted by Gasteiger charge is -2.21. The van der Waals surface area contributed by atoms with Crippen molar-refractivity contribution in [1.82, 2.24) is 9.97 Å². The minimum atomic E-state index is -0.309. The van der Waals surface area contributed by atoms with Crippen LogP contribution >= 0.6 is 11.6 Å². The summed E-state index contributed by atoms with van der Waals surface area (Å²) in [6.45, 7) is 6.04. The Bertz CT molecular complexity index is 652. The molecule has 0 bridgehead atoms. The van der Waals surface area contributed by atoms with Crippen LogP contribution in [0.4, 0.5) is 11.5 Å². The van der Waals surface area contributed by atoms with E-state index in [2.05, 4.69) is 20.6 Å². The minimum absolute atomic E-state index is 0.144. The van der Waals surface area contributed by atoms with E-state index < -0.39 is 0 Å². The van der Waals surface area contributed by atoms with Gasteiger partial charge in [0.1, 0.15) is 17.8 Å². The second-order valence-corrected chi connectivity index (χ2v) is 6.06. The first-order chi connectivity index (χ1) is 9.83. The van der Waals surface area contributed by atoms with Crippen molar-refractivity contribution in [1.29, 1.82) is 0 Å². The predicted molar refractivity (Wildman–Crippen MR) is 84.8 cm³/mol. The molecule has 21 heavy (non-hydrogen) atoms. The third-order valence-electron chi connectivity index (χ3n) is 2.49. The fraction of sp³-hybridized carbons (Fsp3) is 0.267. The van der Waals surface area contributed by atoms with Crippen molar-refractivity contribution in [3.05, 3.63) is 47.4 Å². The molecule has 0 saturated carbocycles. The molecule has 1 aromatic carbocycles. The van der Waals surface area contributed by atoms with Crippen LogP contribution in [0.15, 0.2) is 36.7 Å². The Morgan fingerprint density at radius 3 is 2.62 bits per heavy atom. The fourth-order valence-electron chi connectivity index (χ4n) is 1.70. The van der Waals surface area contributed by atoms with Gasteiger partial charge in [0.2, 0.25) is 0 Å². The van der Waals surface area contributed by atoms with E-state index in [1.165, 1.54) is 6.33 Å². The number of nitrogens with zero attached hydrogens (tertiary/aromatic N) is 2. The summed E-state index contributed by atoms with van der Waals surface area (Å²) in [5, 5.41) is 6.51. The van der Waals surface area contributed by atoms with Crippen molar-refractivity contribution < 1.29 is 4.79 Å². The lowest BCUT2D eigenvalue weighted by atomic mass is 10.1. The molecule has 0 saturated heterocycles. The first-order valence-electron chi connectivity index (χ1n) is 6.51. The number of amides is 1. The van der Waals surface area contributed by atoms with E-state index in [9.17, 15) is 4.79 Å². The highest BCUT2D eigenvalue weighted by molar-refractivity contribution is 6.30. The molecule has 0 aliphatic rings. The van der Waals surface area contributed by atoms with Gasteiger partial charge in [0.05, 0.1) is 0 Å². The second-order valence-electron chi connectivity index (χ2n) is 5.63. The van der Waals surface area contributed by atoms with Crippen LogP contribution in [-0.2, 0) is 0 Å². The average Bonchev–Trinajstić information content (AvgIpc) is 2.37. The largest absolute Gasteiger partial charge is 0.365 e. The van der Waals surface area contributed by atoms with Crippen molar-refractivity contribution in [2.75, 3.05) is 10.6 Å². The molecule has 0 spiro atoms. The van der Waals surface area contributed by atoms with Crippen LogP contribution in [0, 0.1) is 0 Å². The molecule has 6 heteroatoms. The predicted octanol–water partition coefficient (Wildman–Crippen LogP) is 3.59. The highest BCUT2D eigenvalue weighted by Gasteiger charge is 2.13. The number of carbonyl (C=O) groups excluding carboxylic acids is 1. The first-order valence-corrected chi connectivity index (χ1v) is 6.88. The monoisotopic (exact) mass is 304 g/mol. The topological polar surface area (TPSA) is 66.9 Å². The lowest BCUT2D eigenvalue weighted by molar-refractivity contribution is 0.102. The second kappa shape index (κ2) is 6.10. The molecule has 0 radical (unpaired) electrons. The van der Waals surface area contributed by atoms with Gasteiger partial charge in [0, 0.05) is 22.3 Å². The van der Waals surface area contributed by atoms with E-state index in [4.69, 9.17) is 11.6 Å². The molecule has 1 aromatic heterocycles. The van der Waals surface area contributed by atoms with Gasteiger partial charge in [-0.15, -0.1) is 0 Å². The molecule has 0 atom stereocenters.